The molecule has 1 fully saturated rings. The van der Waals surface area contributed by atoms with Crippen LogP contribution in [-0.2, 0) is 25.7 Å². The fraction of sp³-hybridized carbons (Fsp3) is 0.400. The second-order valence-corrected chi connectivity index (χ2v) is 16.5. The van der Waals surface area contributed by atoms with E-state index >= 15 is 0 Å². The third kappa shape index (κ3) is 7.41. The van der Waals surface area contributed by atoms with Crippen LogP contribution in [0, 0.1) is 23.2 Å². The lowest BCUT2D eigenvalue weighted by molar-refractivity contribution is -0.723. The van der Waals surface area contributed by atoms with E-state index in [2.05, 4.69) is 27.1 Å². The highest BCUT2D eigenvalue weighted by Gasteiger charge is 2.56. The van der Waals surface area contributed by atoms with Crippen LogP contribution in [0.2, 0.25) is 0 Å². The maximum atomic E-state index is 14.8. The number of aliphatic hydroxyl groups is 6. The van der Waals surface area contributed by atoms with Crippen LogP contribution in [0.3, 0.4) is 0 Å². The summed E-state index contributed by atoms with van der Waals surface area (Å²) in [5.74, 6) is 0.878. The zero-order valence-corrected chi connectivity index (χ0v) is 34.0. The Labute approximate surface area is 364 Å². The standard InChI is InChI=1S/C45H43N5O14/c46-44-48-41-34(42(59)49-44)47-20-50(41)30-6-2-1-5-26(30)32-22-8-9-23(53)4-3-12-45(60)31(19-61-17-22)63-43(37(57)40(45)58)64-38-29(32)15-28-33(39(38)62-18-24(54)11-13-51)36(56)27-14-21(16-52)7-10-25(27)35(28)55/h1-2,5-7,10,13-15,22-24,31-32,37,40,43,52-54,57-58,60H,4,8-9,11,16-20H2,(H2,46,49,59)/p+1/t22-,23-,24+,31-,32-,37-,40-,43+,45-/m0/s1. The molecule has 19 heteroatoms. The van der Waals surface area contributed by atoms with Crippen LogP contribution >= 0.6 is 0 Å². The number of carbonyl (C=O) groups excluding carboxylic acids is 4. The molecule has 3 bridgehead atoms. The van der Waals surface area contributed by atoms with Crippen molar-refractivity contribution in [3.63, 3.8) is 0 Å². The first-order valence-electron chi connectivity index (χ1n) is 20.8. The van der Waals surface area contributed by atoms with Crippen molar-refractivity contribution in [3.8, 4) is 23.3 Å². The summed E-state index contributed by atoms with van der Waals surface area (Å²) in [6, 6.07) is 12.9. The molecule has 5 aliphatic heterocycles. The Balaban J connectivity index is 1.34. The van der Waals surface area contributed by atoms with Gasteiger partial charge in [0, 0.05) is 46.6 Å². The molecule has 10 atom stereocenters. The minimum Gasteiger partial charge on any atom is -0.486 e. The first-order chi connectivity index (χ1) is 30.8. The number of ether oxygens (including phenoxy) is 4. The number of aliphatic hydroxyl groups excluding tert-OH is 5. The van der Waals surface area contributed by atoms with Gasteiger partial charge in [0.25, 0.3) is 11.7 Å². The predicted octanol–water partition coefficient (Wildman–Crippen LogP) is -1.44. The lowest BCUT2D eigenvalue weighted by atomic mass is 9.74. The number of hydrogen-bond donors (Lipinski definition) is 9. The van der Waals surface area contributed by atoms with E-state index in [0.717, 1.165) is 0 Å². The predicted molar refractivity (Wildman–Crippen MR) is 221 cm³/mol. The molecule has 9 rings (SSSR count). The largest absolute Gasteiger partial charge is 0.486 e. The van der Waals surface area contributed by atoms with Gasteiger partial charge >= 0.3 is 0 Å². The fourth-order valence-electron chi connectivity index (χ4n) is 9.23. The van der Waals surface area contributed by atoms with Crippen molar-refractivity contribution in [1.29, 1.82) is 5.41 Å². The van der Waals surface area contributed by atoms with Crippen molar-refractivity contribution in [2.75, 3.05) is 26.5 Å². The number of amidine groups is 1. The van der Waals surface area contributed by atoms with Gasteiger partial charge in [0.05, 0.1) is 37.6 Å². The molecule has 1 saturated heterocycles. The Morgan fingerprint density at radius 3 is 2.64 bits per heavy atom. The Morgan fingerprint density at radius 2 is 1.84 bits per heavy atom. The highest BCUT2D eigenvalue weighted by molar-refractivity contribution is 6.68. The van der Waals surface area contributed by atoms with E-state index in [-0.39, 0.29) is 102 Å². The number of aldehydes is 1. The summed E-state index contributed by atoms with van der Waals surface area (Å²) >= 11 is 0. The minimum absolute atomic E-state index is 0.00641. The summed E-state index contributed by atoms with van der Waals surface area (Å²) in [6.07, 6.45) is -9.53. The van der Waals surface area contributed by atoms with Gasteiger partial charge in [-0.1, -0.05) is 36.1 Å². The SMILES string of the molecule is N=C1N=C2C(=NC[NH+]2c2ccccc2[C@H]2c3cc4c(c(OC[C@H](O)CC=O)c3O[C@H]3O[C@H]5COC[C@@H]2CC[C@@H](O)CC#C[C@@]5(O)[C@@H](O)[C@@H]3O)C(=O)c2cc(CO)ccc2C4=O)C(=O)N1. The summed E-state index contributed by atoms with van der Waals surface area (Å²) in [7, 11) is 0. The topological polar surface area (TPSA) is 292 Å². The van der Waals surface area contributed by atoms with Crippen molar-refractivity contribution >= 4 is 47.0 Å². The molecule has 3 aromatic rings. The van der Waals surface area contributed by atoms with Gasteiger partial charge in [-0.05, 0) is 48.6 Å². The number of para-hydroxylation sites is 1. The van der Waals surface area contributed by atoms with Crippen LogP contribution in [0.1, 0.15) is 80.1 Å². The molecular formula is C45H44N5O14+. The Hall–Kier alpha value is -6.05. The van der Waals surface area contributed by atoms with E-state index in [1.807, 2.05) is 0 Å². The smallest absolute Gasteiger partial charge is 0.284 e. The maximum Gasteiger partial charge on any atom is 0.284 e. The number of guanidine groups is 1. The van der Waals surface area contributed by atoms with E-state index in [9.17, 15) is 49.8 Å². The van der Waals surface area contributed by atoms with Crippen LogP contribution in [0.15, 0.2) is 58.5 Å². The summed E-state index contributed by atoms with van der Waals surface area (Å²) < 4.78 is 25.5. The Kier molecular flexibility index (Phi) is 11.6. The molecule has 19 nitrogen and oxygen atoms in total. The number of rotatable bonds is 8. The van der Waals surface area contributed by atoms with Crippen molar-refractivity contribution in [2.24, 2.45) is 15.9 Å². The highest BCUT2D eigenvalue weighted by Crippen LogP contribution is 2.51. The van der Waals surface area contributed by atoms with E-state index in [1.54, 1.807) is 24.3 Å². The third-order valence-corrected chi connectivity index (χ3v) is 12.5. The number of nitrogens with zero attached hydrogens (tertiary/aromatic N) is 2. The number of ketones is 2. The van der Waals surface area contributed by atoms with Gasteiger partial charge in [0.15, 0.2) is 35.3 Å². The van der Waals surface area contributed by atoms with Gasteiger partial charge < -0.3 is 54.4 Å². The zero-order chi connectivity index (χ0) is 45.0. The van der Waals surface area contributed by atoms with Crippen molar-refractivity contribution in [2.45, 2.75) is 80.6 Å². The third-order valence-electron chi connectivity index (χ3n) is 12.5. The molecule has 0 saturated carbocycles. The number of benzene rings is 3. The molecule has 1 amide bonds. The average molecular weight is 879 g/mol. The van der Waals surface area contributed by atoms with Crippen molar-refractivity contribution in [3.05, 3.63) is 87.5 Å². The van der Waals surface area contributed by atoms with Gasteiger partial charge in [0.2, 0.25) is 18.0 Å². The van der Waals surface area contributed by atoms with Crippen LogP contribution in [0.4, 0.5) is 5.69 Å². The molecule has 0 aromatic heterocycles. The monoisotopic (exact) mass is 878 g/mol. The number of hydrogen-bond acceptors (Lipinski definition) is 16. The highest BCUT2D eigenvalue weighted by atomic mass is 16.7. The van der Waals surface area contributed by atoms with Crippen molar-refractivity contribution < 1.29 is 73.7 Å². The number of aliphatic imine (C=N–C) groups is 2. The molecule has 3 aromatic carbocycles. The number of nitrogens with one attached hydrogen (secondary N) is 3. The second-order valence-electron chi connectivity index (χ2n) is 16.5. The van der Waals surface area contributed by atoms with Gasteiger partial charge in [-0.25, -0.2) is 9.89 Å². The molecule has 6 aliphatic rings. The van der Waals surface area contributed by atoms with E-state index in [4.69, 9.17) is 24.4 Å². The first-order valence-corrected chi connectivity index (χ1v) is 20.8. The van der Waals surface area contributed by atoms with E-state index in [1.165, 1.54) is 24.3 Å². The van der Waals surface area contributed by atoms with Crippen LogP contribution in [0.5, 0.6) is 11.5 Å². The van der Waals surface area contributed by atoms with Crippen molar-refractivity contribution in [1.82, 2.24) is 5.32 Å². The second kappa shape index (κ2) is 17.2. The summed E-state index contributed by atoms with van der Waals surface area (Å²) in [6.45, 7) is -1.55. The molecule has 64 heavy (non-hydrogen) atoms. The number of fused-ring (bicyclic) bond motifs is 8. The molecule has 1 aliphatic carbocycles. The van der Waals surface area contributed by atoms with E-state index < -0.39 is 84.9 Å². The average Bonchev–Trinajstić information content (AvgIpc) is 3.70. The molecule has 1 unspecified atom stereocenters. The number of quaternary nitrogens is 1. The quantitative estimate of drug-likeness (QED) is 0.0724. The normalized spacial score (nSPS) is 30.0. The molecule has 9 N–H and O–H groups in total. The van der Waals surface area contributed by atoms with Gasteiger partial charge in [-0.2, -0.15) is 4.99 Å². The molecule has 5 heterocycles. The van der Waals surface area contributed by atoms with E-state index in [0.29, 0.717) is 28.0 Å². The molecule has 0 radical (unpaired) electrons. The lowest BCUT2D eigenvalue weighted by Crippen LogP contribution is -3.09. The Morgan fingerprint density at radius 1 is 1.03 bits per heavy atom. The first kappa shape index (κ1) is 43.2. The minimum atomic E-state index is -2.43. The molecular weight excluding hydrogens is 835 g/mol. The van der Waals surface area contributed by atoms with Gasteiger partial charge in [-0.3, -0.25) is 25.1 Å². The summed E-state index contributed by atoms with van der Waals surface area (Å²) in [5, 5.41) is 78.0. The van der Waals surface area contributed by atoms with Crippen LogP contribution in [-0.4, -0.2) is 141 Å². The number of carbonyl (C=O) groups is 4. The zero-order valence-electron chi connectivity index (χ0n) is 34.0. The lowest BCUT2D eigenvalue weighted by Gasteiger charge is -2.45. The summed E-state index contributed by atoms with van der Waals surface area (Å²) in [4.78, 5) is 63.4. The van der Waals surface area contributed by atoms with Crippen LogP contribution in [0.25, 0.3) is 0 Å². The summed E-state index contributed by atoms with van der Waals surface area (Å²) in [5.41, 5.74) is -1.34. The van der Waals surface area contributed by atoms with Gasteiger partial charge in [-0.15, -0.1) is 0 Å². The number of amides is 1. The molecule has 332 valence electrons. The van der Waals surface area contributed by atoms with Gasteiger partial charge in [0.1, 0.15) is 36.9 Å². The molecule has 0 spiro atoms. The fourth-order valence-corrected chi connectivity index (χ4v) is 9.23. The van der Waals surface area contributed by atoms with Crippen LogP contribution < -0.4 is 19.7 Å². The Bertz CT molecular complexity index is 2600. The maximum absolute atomic E-state index is 14.8.